The Morgan fingerprint density at radius 3 is 2.73 bits per heavy atom. The van der Waals surface area contributed by atoms with E-state index in [1.165, 1.54) is 4.70 Å². The first-order chi connectivity index (χ1) is 9.69. The number of rotatable bonds is 7. The maximum Gasteiger partial charge on any atom is 0.220 e. The van der Waals surface area contributed by atoms with Crippen molar-refractivity contribution in [1.82, 2.24) is 15.6 Å². The molecule has 0 aliphatic rings. The molecule has 2 rings (SSSR count). The van der Waals surface area contributed by atoms with Crippen LogP contribution >= 0.6 is 36.2 Å². The number of para-hydroxylation sites is 1. The van der Waals surface area contributed by atoms with Gasteiger partial charge in [-0.15, -0.1) is 36.2 Å². The van der Waals surface area contributed by atoms with Crippen LogP contribution in [0.1, 0.15) is 24.8 Å². The first kappa shape index (κ1) is 21.1. The molecule has 2 aromatic rings. The van der Waals surface area contributed by atoms with E-state index in [-0.39, 0.29) is 36.8 Å². The summed E-state index contributed by atoms with van der Waals surface area (Å²) in [5.41, 5.74) is 1.04. The van der Waals surface area contributed by atoms with Crippen LogP contribution in [0.25, 0.3) is 10.2 Å². The van der Waals surface area contributed by atoms with Gasteiger partial charge < -0.3 is 10.6 Å². The summed E-state index contributed by atoms with van der Waals surface area (Å²) in [6.07, 6.45) is 2.23. The zero-order valence-electron chi connectivity index (χ0n) is 12.8. The molecule has 124 valence electrons. The maximum absolute atomic E-state index is 11.7. The van der Waals surface area contributed by atoms with Crippen molar-refractivity contribution in [1.29, 1.82) is 0 Å². The van der Waals surface area contributed by atoms with Gasteiger partial charge in [-0.1, -0.05) is 12.1 Å². The molecular weight excluding hydrogens is 341 g/mol. The fourth-order valence-electron chi connectivity index (χ4n) is 2.09. The first-order valence-corrected chi connectivity index (χ1v) is 7.79. The van der Waals surface area contributed by atoms with Crippen molar-refractivity contribution in [3.63, 3.8) is 0 Å². The fourth-order valence-corrected chi connectivity index (χ4v) is 3.19. The number of carbonyl (C=O) groups excluding carboxylic acids is 1. The van der Waals surface area contributed by atoms with Crippen molar-refractivity contribution in [2.24, 2.45) is 0 Å². The molecule has 0 radical (unpaired) electrons. The predicted octanol–water partition coefficient (Wildman–Crippen LogP) is 3.19. The van der Waals surface area contributed by atoms with Crippen LogP contribution in [-0.2, 0) is 11.2 Å². The lowest BCUT2D eigenvalue weighted by Crippen LogP contribution is -2.34. The highest BCUT2D eigenvalue weighted by Crippen LogP contribution is 2.22. The average Bonchev–Trinajstić information content (AvgIpc) is 2.80. The second-order valence-electron chi connectivity index (χ2n) is 4.96. The van der Waals surface area contributed by atoms with Crippen LogP contribution < -0.4 is 10.6 Å². The average molecular weight is 364 g/mol. The van der Waals surface area contributed by atoms with Crippen molar-refractivity contribution >= 4 is 52.3 Å². The first-order valence-electron chi connectivity index (χ1n) is 6.97. The summed E-state index contributed by atoms with van der Waals surface area (Å²) in [6.45, 7) is 2.90. The van der Waals surface area contributed by atoms with Gasteiger partial charge in [0.2, 0.25) is 5.91 Å². The van der Waals surface area contributed by atoms with E-state index < -0.39 is 0 Å². The molecule has 0 aliphatic heterocycles. The smallest absolute Gasteiger partial charge is 0.220 e. The number of nitrogens with zero attached hydrogens (tertiary/aromatic N) is 1. The molecule has 4 nitrogen and oxygen atoms in total. The van der Waals surface area contributed by atoms with Gasteiger partial charge in [-0.2, -0.15) is 0 Å². The number of aromatic nitrogens is 1. The highest BCUT2D eigenvalue weighted by atomic mass is 35.5. The SMILES string of the molecule is CNCCCC(=O)NC(C)Cc1nc2ccccc2s1.Cl.Cl. The normalized spacial score (nSPS) is 11.4. The van der Waals surface area contributed by atoms with E-state index in [0.717, 1.165) is 29.9 Å². The summed E-state index contributed by atoms with van der Waals surface area (Å²) in [5.74, 6) is 0.119. The van der Waals surface area contributed by atoms with Crippen LogP contribution in [0.5, 0.6) is 0 Å². The molecular formula is C15H23Cl2N3OS. The Morgan fingerprint density at radius 2 is 2.05 bits per heavy atom. The zero-order chi connectivity index (χ0) is 14.4. The number of carbonyl (C=O) groups is 1. The Bertz CT molecular complexity index is 544. The largest absolute Gasteiger partial charge is 0.353 e. The highest BCUT2D eigenvalue weighted by Gasteiger charge is 2.11. The Hall–Kier alpha value is -0.880. The second-order valence-corrected chi connectivity index (χ2v) is 6.07. The van der Waals surface area contributed by atoms with E-state index >= 15 is 0 Å². The molecule has 1 heterocycles. The molecule has 0 bridgehead atoms. The standard InChI is InChI=1S/C15H21N3OS.2ClH/c1-11(17-14(19)8-5-9-16-2)10-15-18-12-6-3-4-7-13(12)20-15;;/h3-4,6-7,11,16H,5,8-10H2,1-2H3,(H,17,19);2*1H. The van der Waals surface area contributed by atoms with E-state index in [1.54, 1.807) is 11.3 Å². The number of thiazole rings is 1. The van der Waals surface area contributed by atoms with Gasteiger partial charge in [-0.25, -0.2) is 4.98 Å². The molecule has 1 aromatic carbocycles. The minimum Gasteiger partial charge on any atom is -0.353 e. The molecule has 0 saturated carbocycles. The van der Waals surface area contributed by atoms with Crippen molar-refractivity contribution in [2.75, 3.05) is 13.6 Å². The molecule has 1 aromatic heterocycles. The van der Waals surface area contributed by atoms with Gasteiger partial charge in [0, 0.05) is 18.9 Å². The van der Waals surface area contributed by atoms with Gasteiger partial charge in [0.05, 0.1) is 15.2 Å². The van der Waals surface area contributed by atoms with Crippen LogP contribution in [0.4, 0.5) is 0 Å². The van der Waals surface area contributed by atoms with Crippen LogP contribution in [0.3, 0.4) is 0 Å². The van der Waals surface area contributed by atoms with Gasteiger partial charge in [-0.05, 0) is 39.1 Å². The summed E-state index contributed by atoms with van der Waals surface area (Å²) in [4.78, 5) is 16.3. The van der Waals surface area contributed by atoms with Crippen molar-refractivity contribution in [3.05, 3.63) is 29.3 Å². The second kappa shape index (κ2) is 10.8. The number of amides is 1. The van der Waals surface area contributed by atoms with E-state index in [2.05, 4.69) is 21.7 Å². The summed E-state index contributed by atoms with van der Waals surface area (Å²) >= 11 is 1.70. The van der Waals surface area contributed by atoms with Crippen LogP contribution in [0, 0.1) is 0 Å². The zero-order valence-corrected chi connectivity index (χ0v) is 15.2. The Kier molecular flexibility index (Phi) is 10.3. The number of fused-ring (bicyclic) bond motifs is 1. The molecule has 1 unspecified atom stereocenters. The molecule has 1 amide bonds. The molecule has 0 spiro atoms. The monoisotopic (exact) mass is 363 g/mol. The third kappa shape index (κ3) is 6.48. The van der Waals surface area contributed by atoms with E-state index in [9.17, 15) is 4.79 Å². The molecule has 2 N–H and O–H groups in total. The number of nitrogens with one attached hydrogen (secondary N) is 2. The Balaban J connectivity index is 0.00000220. The molecule has 7 heteroatoms. The molecule has 0 saturated heterocycles. The molecule has 22 heavy (non-hydrogen) atoms. The number of benzene rings is 1. The molecule has 0 aliphatic carbocycles. The van der Waals surface area contributed by atoms with E-state index in [4.69, 9.17) is 0 Å². The molecule has 0 fully saturated rings. The van der Waals surface area contributed by atoms with Crippen LogP contribution in [0.15, 0.2) is 24.3 Å². The van der Waals surface area contributed by atoms with Gasteiger partial charge in [-0.3, -0.25) is 4.79 Å². The lowest BCUT2D eigenvalue weighted by molar-refractivity contribution is -0.121. The quantitative estimate of drug-likeness (QED) is 0.742. The van der Waals surface area contributed by atoms with Gasteiger partial charge in [0.15, 0.2) is 0 Å². The number of hydrogen-bond donors (Lipinski definition) is 2. The fraction of sp³-hybridized carbons (Fsp3) is 0.467. The van der Waals surface area contributed by atoms with Gasteiger partial charge >= 0.3 is 0 Å². The summed E-state index contributed by atoms with van der Waals surface area (Å²) < 4.78 is 1.20. The minimum absolute atomic E-state index is 0. The lowest BCUT2D eigenvalue weighted by Gasteiger charge is -2.12. The summed E-state index contributed by atoms with van der Waals surface area (Å²) in [5, 5.41) is 7.15. The Labute approximate surface area is 147 Å². The maximum atomic E-state index is 11.7. The number of hydrogen-bond acceptors (Lipinski definition) is 4. The van der Waals surface area contributed by atoms with Crippen molar-refractivity contribution in [2.45, 2.75) is 32.2 Å². The van der Waals surface area contributed by atoms with Crippen molar-refractivity contribution in [3.8, 4) is 0 Å². The van der Waals surface area contributed by atoms with Crippen LogP contribution in [0.2, 0.25) is 0 Å². The van der Waals surface area contributed by atoms with E-state index in [1.807, 2.05) is 32.2 Å². The Morgan fingerprint density at radius 1 is 1.32 bits per heavy atom. The third-order valence-electron chi connectivity index (χ3n) is 3.06. The van der Waals surface area contributed by atoms with Gasteiger partial charge in [0.1, 0.15) is 0 Å². The van der Waals surface area contributed by atoms with Gasteiger partial charge in [0.25, 0.3) is 0 Å². The topological polar surface area (TPSA) is 54.0 Å². The van der Waals surface area contributed by atoms with Crippen molar-refractivity contribution < 1.29 is 4.79 Å². The number of halogens is 2. The predicted molar refractivity (Wildman–Crippen MR) is 98.6 cm³/mol. The lowest BCUT2D eigenvalue weighted by atomic mass is 10.2. The third-order valence-corrected chi connectivity index (χ3v) is 4.12. The van der Waals surface area contributed by atoms with Crippen LogP contribution in [-0.4, -0.2) is 30.5 Å². The highest BCUT2D eigenvalue weighted by molar-refractivity contribution is 7.18. The molecule has 1 atom stereocenters. The van der Waals surface area contributed by atoms with E-state index in [0.29, 0.717) is 6.42 Å². The summed E-state index contributed by atoms with van der Waals surface area (Å²) in [7, 11) is 1.90. The minimum atomic E-state index is 0. The summed E-state index contributed by atoms with van der Waals surface area (Å²) in [6, 6.07) is 8.25.